The first-order chi connectivity index (χ1) is 6.88. The van der Waals surface area contributed by atoms with E-state index in [9.17, 15) is 0 Å². The van der Waals surface area contributed by atoms with E-state index in [1.165, 1.54) is 0 Å². The fourth-order valence-electron chi connectivity index (χ4n) is 1.46. The SMILES string of the molecule is Cn1nnnc1NCC(N)CC(C)(C)C. The number of aromatic nitrogens is 4. The topological polar surface area (TPSA) is 81.7 Å². The molecule has 0 fully saturated rings. The van der Waals surface area contributed by atoms with Gasteiger partial charge in [-0.2, -0.15) is 0 Å². The summed E-state index contributed by atoms with van der Waals surface area (Å²) in [5.74, 6) is 0.652. The molecule has 0 saturated carbocycles. The summed E-state index contributed by atoms with van der Waals surface area (Å²) in [4.78, 5) is 0. The smallest absolute Gasteiger partial charge is 0.242 e. The first kappa shape index (κ1) is 11.9. The molecule has 0 bridgehead atoms. The van der Waals surface area contributed by atoms with Crippen molar-refractivity contribution in [2.75, 3.05) is 11.9 Å². The highest BCUT2D eigenvalue weighted by molar-refractivity contribution is 5.21. The Morgan fingerprint density at radius 3 is 2.60 bits per heavy atom. The monoisotopic (exact) mass is 212 g/mol. The van der Waals surface area contributed by atoms with Crippen LogP contribution < -0.4 is 11.1 Å². The molecule has 1 aromatic heterocycles. The molecule has 1 unspecified atom stereocenters. The summed E-state index contributed by atoms with van der Waals surface area (Å²) in [7, 11) is 1.79. The van der Waals surface area contributed by atoms with Crippen LogP contribution in [0.15, 0.2) is 0 Å². The van der Waals surface area contributed by atoms with Crippen LogP contribution in [-0.4, -0.2) is 32.8 Å². The molecular formula is C9H20N6. The third kappa shape index (κ3) is 4.24. The fraction of sp³-hybridized carbons (Fsp3) is 0.889. The Labute approximate surface area is 90.2 Å². The Morgan fingerprint density at radius 2 is 2.13 bits per heavy atom. The molecule has 15 heavy (non-hydrogen) atoms. The molecule has 86 valence electrons. The van der Waals surface area contributed by atoms with Crippen molar-refractivity contribution in [2.45, 2.75) is 33.2 Å². The predicted molar refractivity (Wildman–Crippen MR) is 59.3 cm³/mol. The quantitative estimate of drug-likeness (QED) is 0.754. The molecule has 1 heterocycles. The lowest BCUT2D eigenvalue weighted by molar-refractivity contribution is 0.344. The van der Waals surface area contributed by atoms with E-state index in [0.29, 0.717) is 12.5 Å². The molecule has 6 nitrogen and oxygen atoms in total. The average molecular weight is 212 g/mol. The zero-order chi connectivity index (χ0) is 11.5. The van der Waals surface area contributed by atoms with E-state index in [-0.39, 0.29) is 11.5 Å². The van der Waals surface area contributed by atoms with Crippen LogP contribution >= 0.6 is 0 Å². The lowest BCUT2D eigenvalue weighted by atomic mass is 9.88. The second-order valence-electron chi connectivity index (χ2n) is 5.03. The number of tetrazole rings is 1. The molecule has 0 aromatic carbocycles. The Kier molecular flexibility index (Phi) is 3.62. The van der Waals surface area contributed by atoms with Gasteiger partial charge in [-0.05, 0) is 22.3 Å². The van der Waals surface area contributed by atoms with Gasteiger partial charge in [-0.1, -0.05) is 25.9 Å². The number of nitrogens with two attached hydrogens (primary N) is 1. The standard InChI is InChI=1S/C9H20N6/c1-9(2,3)5-7(10)6-11-8-12-13-14-15(8)4/h7H,5-6,10H2,1-4H3,(H,11,12,14). The highest BCUT2D eigenvalue weighted by atomic mass is 15.6. The van der Waals surface area contributed by atoms with Gasteiger partial charge in [-0.25, -0.2) is 4.68 Å². The predicted octanol–water partition coefficient (Wildman–Crippen LogP) is 0.385. The van der Waals surface area contributed by atoms with Crippen LogP contribution in [0, 0.1) is 5.41 Å². The van der Waals surface area contributed by atoms with Crippen molar-refractivity contribution >= 4 is 5.95 Å². The van der Waals surface area contributed by atoms with Gasteiger partial charge in [0.2, 0.25) is 5.95 Å². The van der Waals surface area contributed by atoms with Gasteiger partial charge in [0, 0.05) is 19.6 Å². The van der Waals surface area contributed by atoms with E-state index in [4.69, 9.17) is 5.73 Å². The van der Waals surface area contributed by atoms with E-state index >= 15 is 0 Å². The van der Waals surface area contributed by atoms with E-state index in [0.717, 1.165) is 6.42 Å². The summed E-state index contributed by atoms with van der Waals surface area (Å²) >= 11 is 0. The summed E-state index contributed by atoms with van der Waals surface area (Å²) in [5, 5.41) is 14.2. The summed E-state index contributed by atoms with van der Waals surface area (Å²) in [5.41, 5.74) is 6.24. The summed E-state index contributed by atoms with van der Waals surface area (Å²) in [6, 6.07) is 0.113. The number of hydrogen-bond donors (Lipinski definition) is 2. The number of hydrogen-bond acceptors (Lipinski definition) is 5. The first-order valence-electron chi connectivity index (χ1n) is 5.10. The maximum atomic E-state index is 5.99. The molecule has 1 rings (SSSR count). The molecule has 0 spiro atoms. The third-order valence-corrected chi connectivity index (χ3v) is 2.02. The van der Waals surface area contributed by atoms with Gasteiger partial charge >= 0.3 is 0 Å². The lowest BCUT2D eigenvalue weighted by Crippen LogP contribution is -2.33. The van der Waals surface area contributed by atoms with Crippen LogP contribution in [0.1, 0.15) is 27.2 Å². The van der Waals surface area contributed by atoms with Gasteiger partial charge in [-0.15, -0.1) is 0 Å². The largest absolute Gasteiger partial charge is 0.352 e. The van der Waals surface area contributed by atoms with Crippen LogP contribution in [0.5, 0.6) is 0 Å². The maximum absolute atomic E-state index is 5.99. The highest BCUT2D eigenvalue weighted by Gasteiger charge is 2.15. The van der Waals surface area contributed by atoms with Crippen LogP contribution in [0.4, 0.5) is 5.95 Å². The Bertz CT molecular complexity index is 300. The van der Waals surface area contributed by atoms with Crippen molar-refractivity contribution in [3.05, 3.63) is 0 Å². The zero-order valence-corrected chi connectivity index (χ0v) is 9.86. The van der Waals surface area contributed by atoms with Gasteiger partial charge in [0.25, 0.3) is 0 Å². The molecule has 0 saturated heterocycles. The van der Waals surface area contributed by atoms with Crippen LogP contribution in [0.2, 0.25) is 0 Å². The minimum absolute atomic E-state index is 0.113. The Morgan fingerprint density at radius 1 is 1.47 bits per heavy atom. The van der Waals surface area contributed by atoms with Crippen LogP contribution in [-0.2, 0) is 7.05 Å². The van der Waals surface area contributed by atoms with Crippen LogP contribution in [0.3, 0.4) is 0 Å². The molecule has 0 aliphatic heterocycles. The summed E-state index contributed by atoms with van der Waals surface area (Å²) < 4.78 is 1.59. The molecule has 0 aliphatic carbocycles. The normalized spacial score (nSPS) is 13.9. The number of nitrogens with zero attached hydrogens (tertiary/aromatic N) is 4. The minimum Gasteiger partial charge on any atom is -0.352 e. The van der Waals surface area contributed by atoms with Crippen molar-refractivity contribution in [3.8, 4) is 0 Å². The molecule has 0 aliphatic rings. The molecule has 0 radical (unpaired) electrons. The Hall–Kier alpha value is -1.17. The highest BCUT2D eigenvalue weighted by Crippen LogP contribution is 2.19. The zero-order valence-electron chi connectivity index (χ0n) is 9.86. The first-order valence-corrected chi connectivity index (χ1v) is 5.10. The second-order valence-corrected chi connectivity index (χ2v) is 5.03. The van der Waals surface area contributed by atoms with Gasteiger partial charge in [0.05, 0.1) is 0 Å². The number of nitrogens with one attached hydrogen (secondary N) is 1. The van der Waals surface area contributed by atoms with Gasteiger partial charge in [0.15, 0.2) is 0 Å². The van der Waals surface area contributed by atoms with E-state index in [1.807, 2.05) is 0 Å². The molecule has 1 atom stereocenters. The van der Waals surface area contributed by atoms with Crippen molar-refractivity contribution in [1.29, 1.82) is 0 Å². The van der Waals surface area contributed by atoms with Crippen molar-refractivity contribution in [2.24, 2.45) is 18.2 Å². The third-order valence-electron chi connectivity index (χ3n) is 2.02. The Balaban J connectivity index is 2.35. The molecule has 0 amide bonds. The fourth-order valence-corrected chi connectivity index (χ4v) is 1.46. The van der Waals surface area contributed by atoms with Gasteiger partial charge < -0.3 is 11.1 Å². The molecule has 3 N–H and O–H groups in total. The molecule has 6 heteroatoms. The number of anilines is 1. The van der Waals surface area contributed by atoms with E-state index in [2.05, 4.69) is 41.6 Å². The minimum atomic E-state index is 0.113. The molecule has 1 aromatic rings. The van der Waals surface area contributed by atoms with Crippen molar-refractivity contribution in [3.63, 3.8) is 0 Å². The van der Waals surface area contributed by atoms with Crippen molar-refractivity contribution < 1.29 is 0 Å². The van der Waals surface area contributed by atoms with E-state index in [1.54, 1.807) is 11.7 Å². The summed E-state index contributed by atoms with van der Waals surface area (Å²) in [6.07, 6.45) is 0.964. The van der Waals surface area contributed by atoms with Crippen molar-refractivity contribution in [1.82, 2.24) is 20.2 Å². The van der Waals surface area contributed by atoms with E-state index < -0.39 is 0 Å². The second kappa shape index (κ2) is 4.57. The average Bonchev–Trinajstić information content (AvgIpc) is 2.44. The maximum Gasteiger partial charge on any atom is 0.242 e. The molecular weight excluding hydrogens is 192 g/mol. The van der Waals surface area contributed by atoms with Crippen LogP contribution in [0.25, 0.3) is 0 Å². The number of aryl methyl sites for hydroxylation is 1. The van der Waals surface area contributed by atoms with Gasteiger partial charge in [-0.3, -0.25) is 0 Å². The summed E-state index contributed by atoms with van der Waals surface area (Å²) in [6.45, 7) is 7.22. The lowest BCUT2D eigenvalue weighted by Gasteiger charge is -2.23. The van der Waals surface area contributed by atoms with Gasteiger partial charge in [0.1, 0.15) is 0 Å². The number of rotatable bonds is 4.